The van der Waals surface area contributed by atoms with Gasteiger partial charge in [0, 0.05) is 14.1 Å². The lowest BCUT2D eigenvalue weighted by molar-refractivity contribution is -0.137. The quantitative estimate of drug-likeness (QED) is 0.801. The molecule has 18 heavy (non-hydrogen) atoms. The van der Waals surface area contributed by atoms with Crippen molar-refractivity contribution in [1.82, 2.24) is 9.88 Å². The molecule has 2 rings (SSSR count). The van der Waals surface area contributed by atoms with E-state index in [1.54, 1.807) is 14.1 Å². The van der Waals surface area contributed by atoms with E-state index in [4.69, 9.17) is 0 Å². The molecular weight excluding hydrogens is 265 g/mol. The molecule has 0 aliphatic heterocycles. The minimum Gasteiger partial charge on any atom is -0.343 e. The third-order valence-corrected chi connectivity index (χ3v) is 3.31. The number of aromatic nitrogens is 1. The number of nitrogens with zero attached hydrogens (tertiary/aromatic N) is 2. The van der Waals surface area contributed by atoms with E-state index in [-0.39, 0.29) is 10.9 Å². The lowest BCUT2D eigenvalue weighted by Gasteiger charge is -2.05. The van der Waals surface area contributed by atoms with E-state index in [0.717, 1.165) is 23.5 Å². The van der Waals surface area contributed by atoms with Gasteiger partial charge in [0.25, 0.3) is 5.91 Å². The second-order valence-corrected chi connectivity index (χ2v) is 4.93. The number of halogens is 3. The molecule has 3 nitrogen and oxygen atoms in total. The van der Waals surface area contributed by atoms with Gasteiger partial charge in [0.15, 0.2) is 5.01 Å². The summed E-state index contributed by atoms with van der Waals surface area (Å²) >= 11 is 0.962. The Morgan fingerprint density at radius 2 is 2.00 bits per heavy atom. The Morgan fingerprint density at radius 3 is 2.56 bits per heavy atom. The summed E-state index contributed by atoms with van der Waals surface area (Å²) in [6.45, 7) is 0. The summed E-state index contributed by atoms with van der Waals surface area (Å²) in [7, 11) is 3.13. The first-order valence-corrected chi connectivity index (χ1v) is 5.80. The van der Waals surface area contributed by atoms with Crippen molar-refractivity contribution >= 4 is 27.5 Å². The molecule has 0 atom stereocenters. The van der Waals surface area contributed by atoms with Crippen LogP contribution in [0.4, 0.5) is 13.2 Å². The predicted octanol–water partition coefficient (Wildman–Crippen LogP) is 3.02. The van der Waals surface area contributed by atoms with Crippen LogP contribution in [0.2, 0.25) is 0 Å². The maximum absolute atomic E-state index is 12.5. The van der Waals surface area contributed by atoms with Crippen molar-refractivity contribution < 1.29 is 18.0 Å². The summed E-state index contributed by atoms with van der Waals surface area (Å²) in [6, 6.07) is 3.26. The number of fused-ring (bicyclic) bond motifs is 1. The van der Waals surface area contributed by atoms with E-state index in [1.165, 1.54) is 11.0 Å². The number of thiazole rings is 1. The van der Waals surface area contributed by atoms with Crippen molar-refractivity contribution in [2.24, 2.45) is 0 Å². The Bertz CT molecular complexity index is 604. The predicted molar refractivity (Wildman–Crippen MR) is 62.6 cm³/mol. The van der Waals surface area contributed by atoms with Gasteiger partial charge in [0.2, 0.25) is 0 Å². The zero-order valence-electron chi connectivity index (χ0n) is 9.58. The van der Waals surface area contributed by atoms with Crippen LogP contribution in [0.25, 0.3) is 10.2 Å². The molecule has 0 saturated heterocycles. The largest absolute Gasteiger partial charge is 0.416 e. The Balaban J connectivity index is 2.50. The normalized spacial score (nSPS) is 11.8. The molecule has 0 spiro atoms. The highest BCUT2D eigenvalue weighted by molar-refractivity contribution is 7.20. The Hall–Kier alpha value is -1.63. The fourth-order valence-electron chi connectivity index (χ4n) is 1.38. The molecule has 96 valence electrons. The summed E-state index contributed by atoms with van der Waals surface area (Å²) in [4.78, 5) is 17.0. The second-order valence-electron chi connectivity index (χ2n) is 3.90. The van der Waals surface area contributed by atoms with Crippen molar-refractivity contribution in [2.45, 2.75) is 6.18 Å². The van der Waals surface area contributed by atoms with Crippen LogP contribution in [0, 0.1) is 0 Å². The topological polar surface area (TPSA) is 33.2 Å². The van der Waals surface area contributed by atoms with Crippen LogP contribution in [-0.2, 0) is 6.18 Å². The first-order chi connectivity index (χ1) is 8.29. The highest BCUT2D eigenvalue weighted by Gasteiger charge is 2.31. The van der Waals surface area contributed by atoms with Gasteiger partial charge in [-0.3, -0.25) is 4.79 Å². The fraction of sp³-hybridized carbons (Fsp3) is 0.273. The third-order valence-electron chi connectivity index (χ3n) is 2.30. The summed E-state index contributed by atoms with van der Waals surface area (Å²) in [5.74, 6) is -0.315. The number of hydrogen-bond donors (Lipinski definition) is 0. The highest BCUT2D eigenvalue weighted by atomic mass is 32.1. The van der Waals surface area contributed by atoms with E-state index in [2.05, 4.69) is 4.98 Å². The van der Waals surface area contributed by atoms with Crippen molar-refractivity contribution in [3.8, 4) is 0 Å². The van der Waals surface area contributed by atoms with Gasteiger partial charge in [-0.15, -0.1) is 11.3 Å². The molecule has 0 N–H and O–H groups in total. The van der Waals surface area contributed by atoms with Gasteiger partial charge in [-0.1, -0.05) is 0 Å². The molecule has 0 unspecified atom stereocenters. The van der Waals surface area contributed by atoms with Crippen molar-refractivity contribution in [3.63, 3.8) is 0 Å². The summed E-state index contributed by atoms with van der Waals surface area (Å²) in [6.07, 6.45) is -4.39. The number of carbonyl (C=O) groups excluding carboxylic acids is 1. The standard InChI is InChI=1S/C11H9F3N2OS/c1-16(2)10(17)9-15-7-4-3-6(11(12,13)14)5-8(7)18-9/h3-5H,1-2H3. The minimum absolute atomic E-state index is 0.189. The zero-order valence-corrected chi connectivity index (χ0v) is 10.4. The molecule has 2 aromatic rings. The van der Waals surface area contributed by atoms with Gasteiger partial charge < -0.3 is 4.90 Å². The highest BCUT2D eigenvalue weighted by Crippen LogP contribution is 2.33. The number of alkyl halides is 3. The zero-order chi connectivity index (χ0) is 13.5. The van der Waals surface area contributed by atoms with E-state index in [1.807, 2.05) is 0 Å². The second kappa shape index (κ2) is 4.24. The molecule has 0 radical (unpaired) electrons. The lowest BCUT2D eigenvalue weighted by Crippen LogP contribution is -2.21. The van der Waals surface area contributed by atoms with Crippen LogP contribution in [-0.4, -0.2) is 29.9 Å². The van der Waals surface area contributed by atoms with Gasteiger partial charge in [-0.25, -0.2) is 4.98 Å². The molecule has 7 heteroatoms. The fourth-order valence-corrected chi connectivity index (χ4v) is 2.41. The van der Waals surface area contributed by atoms with Crippen molar-refractivity contribution in [3.05, 3.63) is 28.8 Å². The average Bonchev–Trinajstić information content (AvgIpc) is 2.68. The number of carbonyl (C=O) groups is 1. The van der Waals surface area contributed by atoms with Crippen molar-refractivity contribution in [1.29, 1.82) is 0 Å². The van der Waals surface area contributed by atoms with E-state index < -0.39 is 11.7 Å². The maximum atomic E-state index is 12.5. The Labute approximate surface area is 105 Å². The Morgan fingerprint density at radius 1 is 1.33 bits per heavy atom. The van der Waals surface area contributed by atoms with Crippen LogP contribution >= 0.6 is 11.3 Å². The summed E-state index contributed by atoms with van der Waals surface area (Å²) in [5.41, 5.74) is -0.333. The van der Waals surface area contributed by atoms with Crippen LogP contribution in [0.15, 0.2) is 18.2 Å². The molecule has 1 aromatic carbocycles. The number of benzene rings is 1. The number of rotatable bonds is 1. The molecule has 0 aliphatic rings. The number of hydrogen-bond acceptors (Lipinski definition) is 3. The first-order valence-electron chi connectivity index (χ1n) is 4.98. The first kappa shape index (κ1) is 12.8. The van der Waals surface area contributed by atoms with E-state index in [0.29, 0.717) is 10.2 Å². The smallest absolute Gasteiger partial charge is 0.343 e. The van der Waals surface area contributed by atoms with Crippen LogP contribution in [0.5, 0.6) is 0 Å². The summed E-state index contributed by atoms with van der Waals surface area (Å²) < 4.78 is 37.9. The SMILES string of the molecule is CN(C)C(=O)c1nc2ccc(C(F)(F)F)cc2s1. The van der Waals surface area contributed by atoms with Crippen LogP contribution in [0.3, 0.4) is 0 Å². The lowest BCUT2D eigenvalue weighted by atomic mass is 10.2. The van der Waals surface area contributed by atoms with Crippen LogP contribution < -0.4 is 0 Å². The third kappa shape index (κ3) is 2.31. The maximum Gasteiger partial charge on any atom is 0.416 e. The molecule has 0 saturated carbocycles. The van der Waals surface area contributed by atoms with Gasteiger partial charge >= 0.3 is 6.18 Å². The van der Waals surface area contributed by atoms with Gasteiger partial charge in [-0.2, -0.15) is 13.2 Å². The van der Waals surface area contributed by atoms with E-state index in [9.17, 15) is 18.0 Å². The monoisotopic (exact) mass is 274 g/mol. The number of amides is 1. The molecule has 0 bridgehead atoms. The van der Waals surface area contributed by atoms with Crippen molar-refractivity contribution in [2.75, 3.05) is 14.1 Å². The van der Waals surface area contributed by atoms with Gasteiger partial charge in [0.1, 0.15) is 0 Å². The molecule has 1 aromatic heterocycles. The Kier molecular flexibility index (Phi) is 3.02. The van der Waals surface area contributed by atoms with Crippen LogP contribution in [0.1, 0.15) is 15.4 Å². The van der Waals surface area contributed by atoms with Gasteiger partial charge in [0.05, 0.1) is 15.8 Å². The van der Waals surface area contributed by atoms with Gasteiger partial charge in [-0.05, 0) is 18.2 Å². The molecule has 0 fully saturated rings. The average molecular weight is 274 g/mol. The molecular formula is C11H9F3N2OS. The molecule has 1 heterocycles. The van der Waals surface area contributed by atoms with E-state index >= 15 is 0 Å². The minimum atomic E-state index is -4.39. The molecule has 1 amide bonds. The summed E-state index contributed by atoms with van der Waals surface area (Å²) in [5, 5.41) is 0.189. The molecule has 0 aliphatic carbocycles.